The zero-order valence-corrected chi connectivity index (χ0v) is 23.7. The average Bonchev–Trinajstić information content (AvgIpc) is 3.46. The zero-order chi connectivity index (χ0) is 28.3. The molecule has 8 aromatic rings. The van der Waals surface area contributed by atoms with Crippen molar-refractivity contribution in [3.8, 4) is 44.5 Å². The summed E-state index contributed by atoms with van der Waals surface area (Å²) in [6, 6.07) is 58.1. The summed E-state index contributed by atoms with van der Waals surface area (Å²) in [6.07, 6.45) is 1.00. The number of benzene rings is 8. The van der Waals surface area contributed by atoms with Gasteiger partial charge in [-0.2, -0.15) is 0 Å². The molecule has 0 radical (unpaired) electrons. The van der Waals surface area contributed by atoms with E-state index in [1.807, 2.05) is 0 Å². The second-order valence-corrected chi connectivity index (χ2v) is 11.6. The fourth-order valence-electron chi connectivity index (χ4n) is 7.31. The smallest absolute Gasteiger partial charge is 0.000728 e. The van der Waals surface area contributed by atoms with E-state index in [1.54, 1.807) is 0 Å². The molecular weight excluding hydrogens is 516 g/mol. The van der Waals surface area contributed by atoms with Crippen LogP contribution in [0.5, 0.6) is 0 Å². The number of hydrogen-bond donors (Lipinski definition) is 0. The summed E-state index contributed by atoms with van der Waals surface area (Å²) < 4.78 is 0. The molecule has 0 heteroatoms. The van der Waals surface area contributed by atoms with Crippen molar-refractivity contribution in [2.45, 2.75) is 6.42 Å². The second-order valence-electron chi connectivity index (χ2n) is 11.6. The van der Waals surface area contributed by atoms with Gasteiger partial charge in [0.2, 0.25) is 0 Å². The monoisotopic (exact) mass is 544 g/mol. The third kappa shape index (κ3) is 3.77. The summed E-state index contributed by atoms with van der Waals surface area (Å²) in [4.78, 5) is 0. The van der Waals surface area contributed by atoms with Crippen molar-refractivity contribution in [2.75, 3.05) is 0 Å². The lowest BCUT2D eigenvalue weighted by Crippen LogP contribution is -1.90. The predicted octanol–water partition coefficient (Wildman–Crippen LogP) is 11.7. The van der Waals surface area contributed by atoms with Crippen LogP contribution in [0.3, 0.4) is 0 Å². The van der Waals surface area contributed by atoms with Crippen molar-refractivity contribution in [1.29, 1.82) is 0 Å². The lowest BCUT2D eigenvalue weighted by atomic mass is 9.85. The summed E-state index contributed by atoms with van der Waals surface area (Å²) in [6.45, 7) is 0. The molecule has 9 rings (SSSR count). The molecule has 0 N–H and O–H groups in total. The quantitative estimate of drug-likeness (QED) is 0.194. The van der Waals surface area contributed by atoms with Gasteiger partial charge in [0.25, 0.3) is 0 Å². The minimum atomic E-state index is 1.00. The molecule has 43 heavy (non-hydrogen) atoms. The Hall–Kier alpha value is -5.46. The highest BCUT2D eigenvalue weighted by atomic mass is 14.2. The summed E-state index contributed by atoms with van der Waals surface area (Å²) in [7, 11) is 0. The van der Waals surface area contributed by atoms with Crippen LogP contribution in [-0.2, 0) is 6.42 Å². The van der Waals surface area contributed by atoms with Gasteiger partial charge in [-0.05, 0) is 100 Å². The first-order chi connectivity index (χ1) is 21.3. The fraction of sp³-hybridized carbons (Fsp3) is 0.0233. The molecule has 1 aliphatic carbocycles. The molecule has 0 amide bonds. The molecular formula is C43H28. The van der Waals surface area contributed by atoms with E-state index in [4.69, 9.17) is 0 Å². The van der Waals surface area contributed by atoms with Gasteiger partial charge in [-0.3, -0.25) is 0 Å². The van der Waals surface area contributed by atoms with Gasteiger partial charge in [-0.25, -0.2) is 0 Å². The van der Waals surface area contributed by atoms with Crippen molar-refractivity contribution in [2.24, 2.45) is 0 Å². The Morgan fingerprint density at radius 2 is 0.837 bits per heavy atom. The van der Waals surface area contributed by atoms with Crippen molar-refractivity contribution >= 4 is 32.3 Å². The molecule has 0 saturated heterocycles. The molecule has 0 fully saturated rings. The van der Waals surface area contributed by atoms with Gasteiger partial charge in [0.1, 0.15) is 0 Å². The Balaban J connectivity index is 1.17. The molecule has 0 unspecified atom stereocenters. The standard InChI is InChI=1S/C43H28/c1-2-11-30(12-3-1)42-36-14-6-8-16-38(36)43(39-17-9-7-15-37(39)42)31-20-18-28(19-21-31)32-22-23-33-27-41-34-13-5-4-10-29(34)24-25-35(41)40(33)26-32/h1-26H,27H2. The normalized spacial score (nSPS) is 12.1. The molecule has 0 saturated carbocycles. The van der Waals surface area contributed by atoms with Gasteiger partial charge >= 0.3 is 0 Å². The Labute approximate surface area is 251 Å². The van der Waals surface area contributed by atoms with Gasteiger partial charge < -0.3 is 0 Å². The van der Waals surface area contributed by atoms with E-state index >= 15 is 0 Å². The summed E-state index contributed by atoms with van der Waals surface area (Å²) >= 11 is 0. The molecule has 0 heterocycles. The van der Waals surface area contributed by atoms with Gasteiger partial charge in [0.15, 0.2) is 0 Å². The summed E-state index contributed by atoms with van der Waals surface area (Å²) in [5.74, 6) is 0. The second kappa shape index (κ2) is 9.54. The molecule has 1 aliphatic rings. The highest BCUT2D eigenvalue weighted by molar-refractivity contribution is 6.21. The molecule has 0 aromatic heterocycles. The van der Waals surface area contributed by atoms with Crippen molar-refractivity contribution in [1.82, 2.24) is 0 Å². The Morgan fingerprint density at radius 3 is 1.49 bits per heavy atom. The lowest BCUT2D eigenvalue weighted by Gasteiger charge is -2.18. The largest absolute Gasteiger partial charge is 0.0622 e. The van der Waals surface area contributed by atoms with Crippen molar-refractivity contribution < 1.29 is 0 Å². The molecule has 0 aliphatic heterocycles. The van der Waals surface area contributed by atoms with Gasteiger partial charge in [0.05, 0.1) is 0 Å². The van der Waals surface area contributed by atoms with Gasteiger partial charge in [-0.15, -0.1) is 0 Å². The lowest BCUT2D eigenvalue weighted by molar-refractivity contribution is 1.28. The molecule has 0 bridgehead atoms. The third-order valence-corrected chi connectivity index (χ3v) is 9.31. The van der Waals surface area contributed by atoms with Crippen LogP contribution in [0.2, 0.25) is 0 Å². The molecule has 0 atom stereocenters. The molecule has 0 nitrogen and oxygen atoms in total. The van der Waals surface area contributed by atoms with Crippen LogP contribution in [0.4, 0.5) is 0 Å². The zero-order valence-electron chi connectivity index (χ0n) is 23.7. The Morgan fingerprint density at radius 1 is 0.326 bits per heavy atom. The number of fused-ring (bicyclic) bond motifs is 7. The highest BCUT2D eigenvalue weighted by Crippen LogP contribution is 2.45. The Bertz CT molecular complexity index is 2280. The van der Waals surface area contributed by atoms with E-state index in [9.17, 15) is 0 Å². The van der Waals surface area contributed by atoms with Crippen LogP contribution in [0.1, 0.15) is 11.1 Å². The van der Waals surface area contributed by atoms with E-state index in [2.05, 4.69) is 158 Å². The van der Waals surface area contributed by atoms with Gasteiger partial charge in [-0.1, -0.05) is 152 Å². The number of rotatable bonds is 3. The van der Waals surface area contributed by atoms with Crippen LogP contribution in [-0.4, -0.2) is 0 Å². The Kier molecular flexibility index (Phi) is 5.36. The highest BCUT2D eigenvalue weighted by Gasteiger charge is 2.21. The van der Waals surface area contributed by atoms with Crippen LogP contribution in [0.15, 0.2) is 158 Å². The van der Waals surface area contributed by atoms with Crippen LogP contribution < -0.4 is 0 Å². The van der Waals surface area contributed by atoms with Crippen LogP contribution in [0, 0.1) is 0 Å². The first kappa shape index (κ1) is 24.2. The molecule has 200 valence electrons. The van der Waals surface area contributed by atoms with Crippen LogP contribution in [0.25, 0.3) is 76.8 Å². The minimum absolute atomic E-state index is 1.00. The van der Waals surface area contributed by atoms with Crippen molar-refractivity contribution in [3.63, 3.8) is 0 Å². The minimum Gasteiger partial charge on any atom is -0.0622 e. The van der Waals surface area contributed by atoms with E-state index < -0.39 is 0 Å². The van der Waals surface area contributed by atoms with E-state index in [0.29, 0.717) is 0 Å². The summed E-state index contributed by atoms with van der Waals surface area (Å²) in [5, 5.41) is 7.84. The predicted molar refractivity (Wildman–Crippen MR) is 184 cm³/mol. The van der Waals surface area contributed by atoms with E-state index in [0.717, 1.165) is 6.42 Å². The molecule has 8 aromatic carbocycles. The topological polar surface area (TPSA) is 0 Å². The van der Waals surface area contributed by atoms with Gasteiger partial charge in [0, 0.05) is 0 Å². The summed E-state index contributed by atoms with van der Waals surface area (Å²) in [5.41, 5.74) is 13.2. The van der Waals surface area contributed by atoms with E-state index in [1.165, 1.54) is 88.0 Å². The molecule has 0 spiro atoms. The first-order valence-electron chi connectivity index (χ1n) is 15.1. The maximum Gasteiger partial charge on any atom is -0.000728 e. The van der Waals surface area contributed by atoms with Crippen molar-refractivity contribution in [3.05, 3.63) is 169 Å². The number of hydrogen-bond acceptors (Lipinski definition) is 0. The third-order valence-electron chi connectivity index (χ3n) is 9.31. The maximum absolute atomic E-state index is 2.39. The van der Waals surface area contributed by atoms with E-state index in [-0.39, 0.29) is 0 Å². The fourth-order valence-corrected chi connectivity index (χ4v) is 7.31. The first-order valence-corrected chi connectivity index (χ1v) is 15.1. The maximum atomic E-state index is 2.39. The average molecular weight is 545 g/mol. The SMILES string of the molecule is c1ccc(-c2c3ccccc3c(-c3ccc(-c4ccc5c(c4)-c4ccc6ccccc6c4C5)cc3)c3ccccc23)cc1. The van der Waals surface area contributed by atoms with Crippen LogP contribution >= 0.6 is 0 Å².